The van der Waals surface area contributed by atoms with Crippen molar-refractivity contribution in [3.63, 3.8) is 0 Å². The molecule has 1 saturated heterocycles. The van der Waals surface area contributed by atoms with Gasteiger partial charge in [0, 0.05) is 38.6 Å². The monoisotopic (exact) mass is 410 g/mol. The van der Waals surface area contributed by atoms with Gasteiger partial charge in [-0.2, -0.15) is 0 Å². The van der Waals surface area contributed by atoms with E-state index in [-0.39, 0.29) is 6.09 Å². The molecular weight excluding hydrogens is 388 g/mol. The molecule has 0 saturated carbocycles. The fourth-order valence-corrected chi connectivity index (χ4v) is 3.41. The van der Waals surface area contributed by atoms with Gasteiger partial charge in [-0.3, -0.25) is 9.30 Å². The largest absolute Gasteiger partial charge is 0.444 e. The van der Waals surface area contributed by atoms with Crippen LogP contribution in [0.15, 0.2) is 17.0 Å². The minimum absolute atomic E-state index is 0.250. The van der Waals surface area contributed by atoms with Crippen molar-refractivity contribution in [3.05, 3.63) is 22.8 Å². The van der Waals surface area contributed by atoms with Gasteiger partial charge in [0.1, 0.15) is 21.5 Å². The number of imidazole rings is 1. The topological polar surface area (TPSA) is 89.0 Å². The van der Waals surface area contributed by atoms with Crippen LogP contribution >= 0.6 is 15.9 Å². The summed E-state index contributed by atoms with van der Waals surface area (Å²) in [5.74, 6) is 1.34. The first kappa shape index (κ1) is 17.9. The molecule has 136 valence electrons. The Morgan fingerprint density at radius 3 is 2.64 bits per heavy atom. The molecule has 9 heteroatoms. The minimum Gasteiger partial charge on any atom is -0.444 e. The molecule has 2 aromatic heterocycles. The second-order valence-corrected chi connectivity index (χ2v) is 7.84. The molecule has 2 aromatic rings. The third-order valence-electron chi connectivity index (χ3n) is 4.00. The maximum Gasteiger partial charge on any atom is 0.410 e. The van der Waals surface area contributed by atoms with Gasteiger partial charge in [-0.05, 0) is 36.7 Å². The number of ether oxygens (including phenoxy) is 1. The van der Waals surface area contributed by atoms with E-state index < -0.39 is 5.60 Å². The van der Waals surface area contributed by atoms with E-state index in [4.69, 9.17) is 10.5 Å². The molecule has 0 spiro atoms. The molecule has 1 aliphatic rings. The van der Waals surface area contributed by atoms with Gasteiger partial charge in [0.05, 0.1) is 6.54 Å². The predicted molar refractivity (Wildman–Crippen MR) is 98.2 cm³/mol. The molecule has 2 N–H and O–H groups in total. The number of carbonyl (C=O) groups is 1. The van der Waals surface area contributed by atoms with Crippen LogP contribution < -0.4 is 5.73 Å². The fourth-order valence-electron chi connectivity index (χ4n) is 2.81. The van der Waals surface area contributed by atoms with Gasteiger partial charge < -0.3 is 15.4 Å². The number of carbonyl (C=O) groups excluding carboxylic acids is 1. The fraction of sp³-hybridized carbons (Fsp3) is 0.562. The Hall–Kier alpha value is -1.87. The number of rotatable bonds is 2. The van der Waals surface area contributed by atoms with Gasteiger partial charge in [0.25, 0.3) is 0 Å². The van der Waals surface area contributed by atoms with Crippen LogP contribution in [0.3, 0.4) is 0 Å². The summed E-state index contributed by atoms with van der Waals surface area (Å²) in [6.45, 7) is 9.14. The second kappa shape index (κ2) is 6.80. The van der Waals surface area contributed by atoms with Crippen LogP contribution in [0.2, 0.25) is 0 Å². The van der Waals surface area contributed by atoms with Crippen LogP contribution in [0, 0.1) is 0 Å². The molecule has 1 amide bonds. The van der Waals surface area contributed by atoms with Crippen molar-refractivity contribution in [1.29, 1.82) is 0 Å². The molecular formula is C16H23BrN6O2. The highest BCUT2D eigenvalue weighted by Crippen LogP contribution is 2.23. The molecule has 0 unspecified atom stereocenters. The maximum atomic E-state index is 12.1. The molecule has 3 heterocycles. The molecule has 1 fully saturated rings. The molecule has 0 bridgehead atoms. The summed E-state index contributed by atoms with van der Waals surface area (Å²) < 4.78 is 8.08. The van der Waals surface area contributed by atoms with Gasteiger partial charge in [-0.15, -0.1) is 0 Å². The number of anilines is 1. The number of hydrogen-bond donors (Lipinski definition) is 1. The number of nitrogens with zero attached hydrogens (tertiary/aromatic N) is 5. The molecule has 0 aliphatic carbocycles. The zero-order chi connectivity index (χ0) is 18.2. The number of amides is 1. The van der Waals surface area contributed by atoms with E-state index in [2.05, 4.69) is 30.8 Å². The lowest BCUT2D eigenvalue weighted by Crippen LogP contribution is -2.49. The molecule has 8 nitrogen and oxygen atoms in total. The Morgan fingerprint density at radius 2 is 2.00 bits per heavy atom. The molecule has 0 atom stereocenters. The average molecular weight is 411 g/mol. The van der Waals surface area contributed by atoms with Crippen molar-refractivity contribution in [2.75, 3.05) is 31.9 Å². The number of nitrogens with two attached hydrogens (primary N) is 1. The zero-order valence-corrected chi connectivity index (χ0v) is 16.3. The lowest BCUT2D eigenvalue weighted by Gasteiger charge is -2.35. The van der Waals surface area contributed by atoms with E-state index in [1.165, 1.54) is 0 Å². The molecule has 1 aliphatic heterocycles. The molecule has 25 heavy (non-hydrogen) atoms. The average Bonchev–Trinajstić information content (AvgIpc) is 2.84. The van der Waals surface area contributed by atoms with E-state index >= 15 is 0 Å². The normalized spacial score (nSPS) is 16.4. The third kappa shape index (κ3) is 4.04. The van der Waals surface area contributed by atoms with Gasteiger partial charge in [0.2, 0.25) is 0 Å². The summed E-state index contributed by atoms with van der Waals surface area (Å²) in [4.78, 5) is 24.8. The highest BCUT2D eigenvalue weighted by atomic mass is 79.9. The highest BCUT2D eigenvalue weighted by molar-refractivity contribution is 9.10. The number of hydrogen-bond acceptors (Lipinski definition) is 6. The lowest BCUT2D eigenvalue weighted by molar-refractivity contribution is 0.0137. The van der Waals surface area contributed by atoms with Crippen LogP contribution in [0.4, 0.5) is 10.6 Å². The quantitative estimate of drug-likeness (QED) is 0.815. The number of piperazine rings is 1. The third-order valence-corrected chi connectivity index (χ3v) is 4.56. The Morgan fingerprint density at radius 1 is 1.32 bits per heavy atom. The van der Waals surface area contributed by atoms with Crippen LogP contribution in [0.1, 0.15) is 26.6 Å². The van der Waals surface area contributed by atoms with Crippen LogP contribution in [0.25, 0.3) is 5.52 Å². The SMILES string of the molecule is CC(C)(C)OC(=O)N1CCN(Cc2nc(Br)c3c(N)nccn23)CC1. The highest BCUT2D eigenvalue weighted by Gasteiger charge is 2.26. The molecule has 0 radical (unpaired) electrons. The summed E-state index contributed by atoms with van der Waals surface area (Å²) in [5.41, 5.74) is 6.25. The Bertz CT molecular complexity index is 777. The summed E-state index contributed by atoms with van der Waals surface area (Å²) in [6, 6.07) is 0. The number of halogens is 1. The van der Waals surface area contributed by atoms with Gasteiger partial charge in [-0.25, -0.2) is 14.8 Å². The standard InChI is InChI=1S/C16H23BrN6O2/c1-16(2,3)25-15(24)22-8-6-21(7-9-22)10-11-20-13(17)12-14(18)19-4-5-23(11)12/h4-5H,6-10H2,1-3H3,(H2,18,19). The van der Waals surface area contributed by atoms with E-state index in [1.807, 2.05) is 31.4 Å². The smallest absolute Gasteiger partial charge is 0.410 e. The first-order chi connectivity index (χ1) is 11.7. The maximum absolute atomic E-state index is 12.1. The first-order valence-electron chi connectivity index (χ1n) is 8.22. The van der Waals surface area contributed by atoms with E-state index in [9.17, 15) is 4.79 Å². The Kier molecular flexibility index (Phi) is 4.88. The van der Waals surface area contributed by atoms with Crippen LogP contribution in [0.5, 0.6) is 0 Å². The summed E-state index contributed by atoms with van der Waals surface area (Å²) in [6.07, 6.45) is 3.27. The van der Waals surface area contributed by atoms with E-state index in [0.717, 1.165) is 24.4 Å². The van der Waals surface area contributed by atoms with E-state index in [0.29, 0.717) is 30.1 Å². The number of nitrogen functional groups attached to an aromatic ring is 1. The second-order valence-electron chi connectivity index (χ2n) is 7.09. The predicted octanol–water partition coefficient (Wildman–Crippen LogP) is 2.13. The van der Waals surface area contributed by atoms with Crippen molar-refractivity contribution < 1.29 is 9.53 Å². The summed E-state index contributed by atoms with van der Waals surface area (Å²) in [7, 11) is 0. The van der Waals surface area contributed by atoms with Gasteiger partial charge >= 0.3 is 6.09 Å². The van der Waals surface area contributed by atoms with Gasteiger partial charge in [-0.1, -0.05) is 0 Å². The zero-order valence-electron chi connectivity index (χ0n) is 14.7. The molecule has 3 rings (SSSR count). The Balaban J connectivity index is 1.64. The lowest BCUT2D eigenvalue weighted by atomic mass is 10.2. The van der Waals surface area contributed by atoms with Crippen molar-refractivity contribution >= 4 is 33.4 Å². The van der Waals surface area contributed by atoms with Crippen molar-refractivity contribution in [2.45, 2.75) is 32.9 Å². The minimum atomic E-state index is -0.469. The van der Waals surface area contributed by atoms with Crippen LogP contribution in [-0.4, -0.2) is 62.0 Å². The van der Waals surface area contributed by atoms with Crippen molar-refractivity contribution in [2.24, 2.45) is 0 Å². The Labute approximate surface area is 155 Å². The summed E-state index contributed by atoms with van der Waals surface area (Å²) in [5, 5.41) is 0. The van der Waals surface area contributed by atoms with Crippen molar-refractivity contribution in [3.8, 4) is 0 Å². The number of aromatic nitrogens is 3. The van der Waals surface area contributed by atoms with E-state index in [1.54, 1.807) is 11.1 Å². The number of fused-ring (bicyclic) bond motifs is 1. The first-order valence-corrected chi connectivity index (χ1v) is 9.01. The van der Waals surface area contributed by atoms with Crippen LogP contribution in [-0.2, 0) is 11.3 Å². The van der Waals surface area contributed by atoms with Gasteiger partial charge in [0.15, 0.2) is 5.82 Å². The summed E-state index contributed by atoms with van der Waals surface area (Å²) >= 11 is 3.45. The van der Waals surface area contributed by atoms with Crippen molar-refractivity contribution in [1.82, 2.24) is 24.2 Å². The molecule has 0 aromatic carbocycles.